The van der Waals surface area contributed by atoms with Gasteiger partial charge in [0.2, 0.25) is 5.91 Å². The Morgan fingerprint density at radius 3 is 2.48 bits per heavy atom. The summed E-state index contributed by atoms with van der Waals surface area (Å²) in [7, 11) is 3.93. The predicted octanol–water partition coefficient (Wildman–Crippen LogP) is 5.85. The molecule has 2 N–H and O–H groups in total. The summed E-state index contributed by atoms with van der Waals surface area (Å²) in [6, 6.07) is 16.0. The number of anilines is 1. The maximum atomic E-state index is 13.5. The summed E-state index contributed by atoms with van der Waals surface area (Å²) in [5.41, 5.74) is 4.05. The van der Waals surface area contributed by atoms with Crippen molar-refractivity contribution in [1.82, 2.24) is 10.3 Å². The van der Waals surface area contributed by atoms with Crippen LogP contribution in [0.25, 0.3) is 10.9 Å². The first kappa shape index (κ1) is 23.2. The van der Waals surface area contributed by atoms with Crippen molar-refractivity contribution in [2.45, 2.75) is 37.8 Å². The summed E-state index contributed by atoms with van der Waals surface area (Å²) >= 11 is 0. The van der Waals surface area contributed by atoms with Crippen molar-refractivity contribution >= 4 is 22.5 Å². The zero-order chi connectivity index (χ0) is 23.6. The van der Waals surface area contributed by atoms with Gasteiger partial charge in [-0.3, -0.25) is 4.79 Å². The molecule has 4 rings (SSSR count). The molecule has 3 atom stereocenters. The minimum atomic E-state index is -4.35. The van der Waals surface area contributed by atoms with Crippen LogP contribution in [-0.2, 0) is 4.79 Å². The van der Waals surface area contributed by atoms with Gasteiger partial charge in [-0.2, -0.15) is 13.2 Å². The number of halogens is 3. The number of nitrogens with zero attached hydrogens (tertiary/aromatic N) is 1. The summed E-state index contributed by atoms with van der Waals surface area (Å²) in [5.74, 6) is -3.25. The number of aromatic nitrogens is 1. The highest BCUT2D eigenvalue weighted by Gasteiger charge is 2.48. The van der Waals surface area contributed by atoms with Crippen molar-refractivity contribution in [3.8, 4) is 0 Å². The molecule has 0 radical (unpaired) electrons. The van der Waals surface area contributed by atoms with Crippen molar-refractivity contribution < 1.29 is 18.0 Å². The molecule has 1 aromatic heterocycles. The first-order valence-corrected chi connectivity index (χ1v) is 11.4. The van der Waals surface area contributed by atoms with Gasteiger partial charge in [0, 0.05) is 55.3 Å². The van der Waals surface area contributed by atoms with E-state index in [4.69, 9.17) is 0 Å². The van der Waals surface area contributed by atoms with E-state index in [-0.39, 0.29) is 25.3 Å². The van der Waals surface area contributed by atoms with Gasteiger partial charge in [0.1, 0.15) is 0 Å². The van der Waals surface area contributed by atoms with Crippen LogP contribution in [0.4, 0.5) is 18.9 Å². The van der Waals surface area contributed by atoms with Gasteiger partial charge in [-0.15, -0.1) is 0 Å². The molecular weight excluding hydrogens is 427 g/mol. The van der Waals surface area contributed by atoms with Gasteiger partial charge in [0.25, 0.3) is 0 Å². The number of amides is 1. The van der Waals surface area contributed by atoms with Crippen LogP contribution in [0.15, 0.2) is 54.7 Å². The summed E-state index contributed by atoms with van der Waals surface area (Å²) in [4.78, 5) is 18.2. The van der Waals surface area contributed by atoms with Gasteiger partial charge in [-0.1, -0.05) is 43.2 Å². The summed E-state index contributed by atoms with van der Waals surface area (Å²) in [5, 5.41) is 3.92. The van der Waals surface area contributed by atoms with E-state index in [1.165, 1.54) is 0 Å². The third-order valence-corrected chi connectivity index (χ3v) is 6.81. The Morgan fingerprint density at radius 1 is 1.09 bits per heavy atom. The second-order valence-corrected chi connectivity index (χ2v) is 9.11. The lowest BCUT2D eigenvalue weighted by Crippen LogP contribution is -2.43. The fraction of sp³-hybridized carbons (Fsp3) is 0.423. The molecule has 3 unspecified atom stereocenters. The molecule has 1 aliphatic rings. The number of aromatic amines is 1. The Hall–Kier alpha value is -2.96. The van der Waals surface area contributed by atoms with E-state index < -0.39 is 23.9 Å². The molecule has 1 saturated carbocycles. The van der Waals surface area contributed by atoms with Gasteiger partial charge in [0.15, 0.2) is 0 Å². The molecule has 4 nitrogen and oxygen atoms in total. The number of hydrogen-bond acceptors (Lipinski definition) is 2. The fourth-order valence-corrected chi connectivity index (χ4v) is 4.96. The van der Waals surface area contributed by atoms with Gasteiger partial charge >= 0.3 is 6.18 Å². The van der Waals surface area contributed by atoms with Crippen LogP contribution in [-0.4, -0.2) is 37.7 Å². The van der Waals surface area contributed by atoms with Crippen molar-refractivity contribution in [2.75, 3.05) is 25.5 Å². The van der Waals surface area contributed by atoms with E-state index in [2.05, 4.69) is 10.3 Å². The smallest absolute Gasteiger partial charge is 0.378 e. The Bertz CT molecular complexity index is 1090. The molecule has 3 aromatic rings. The molecule has 1 amide bonds. The normalized spacial score (nSPS) is 19.9. The van der Waals surface area contributed by atoms with E-state index in [0.29, 0.717) is 12.8 Å². The van der Waals surface area contributed by atoms with E-state index in [9.17, 15) is 18.0 Å². The van der Waals surface area contributed by atoms with Gasteiger partial charge in [0.05, 0.1) is 5.92 Å². The Balaban J connectivity index is 1.61. The van der Waals surface area contributed by atoms with Crippen LogP contribution in [0.1, 0.15) is 42.7 Å². The first-order chi connectivity index (χ1) is 15.8. The Morgan fingerprint density at radius 2 is 1.79 bits per heavy atom. The Kier molecular flexibility index (Phi) is 6.68. The van der Waals surface area contributed by atoms with Crippen LogP contribution in [0.2, 0.25) is 0 Å². The number of H-pyrrole nitrogens is 1. The largest absolute Gasteiger partial charge is 0.392 e. The molecule has 33 heavy (non-hydrogen) atoms. The SMILES string of the molecule is CN(C)c1ccc(C(CNC(=O)C2CCCCC2C(F)(F)F)c2c[nH]c3ccccc23)cc1. The van der Waals surface area contributed by atoms with Gasteiger partial charge in [-0.25, -0.2) is 0 Å². The average Bonchev–Trinajstić information content (AvgIpc) is 3.23. The number of alkyl halides is 3. The number of carbonyl (C=O) groups is 1. The minimum Gasteiger partial charge on any atom is -0.378 e. The minimum absolute atomic E-state index is 0.0272. The predicted molar refractivity (Wildman–Crippen MR) is 125 cm³/mol. The number of carbonyl (C=O) groups excluding carboxylic acids is 1. The molecule has 1 aliphatic carbocycles. The van der Waals surface area contributed by atoms with Crippen molar-refractivity contribution in [2.24, 2.45) is 11.8 Å². The number of para-hydroxylation sites is 1. The Labute approximate surface area is 192 Å². The van der Waals surface area contributed by atoms with E-state index >= 15 is 0 Å². The van der Waals surface area contributed by atoms with Crippen molar-refractivity contribution in [3.63, 3.8) is 0 Å². The number of nitrogens with one attached hydrogen (secondary N) is 2. The maximum Gasteiger partial charge on any atom is 0.392 e. The second kappa shape index (κ2) is 9.49. The standard InChI is InChI=1S/C26H30F3N3O/c1-32(2)18-13-11-17(12-14-18)21(22-16-30-24-10-6-4-7-19(22)24)15-31-25(33)20-8-3-5-9-23(20)26(27,28)29/h4,6-7,10-14,16,20-21,23,30H,3,5,8-9,15H2,1-2H3,(H,31,33). The summed E-state index contributed by atoms with van der Waals surface area (Å²) < 4.78 is 40.6. The number of hydrogen-bond donors (Lipinski definition) is 2. The highest BCUT2D eigenvalue weighted by Crippen LogP contribution is 2.41. The quantitative estimate of drug-likeness (QED) is 0.488. The van der Waals surface area contributed by atoms with Crippen molar-refractivity contribution in [3.05, 3.63) is 65.9 Å². The lowest BCUT2D eigenvalue weighted by atomic mass is 9.78. The molecule has 2 aromatic carbocycles. The molecule has 0 aliphatic heterocycles. The zero-order valence-corrected chi connectivity index (χ0v) is 19.0. The lowest BCUT2D eigenvalue weighted by molar-refractivity contribution is -0.198. The molecular formula is C26H30F3N3O. The number of benzene rings is 2. The lowest BCUT2D eigenvalue weighted by Gasteiger charge is -2.32. The molecule has 0 bridgehead atoms. The average molecular weight is 458 g/mol. The van der Waals surface area contributed by atoms with E-state index in [0.717, 1.165) is 27.7 Å². The molecule has 1 heterocycles. The van der Waals surface area contributed by atoms with E-state index in [1.807, 2.05) is 73.7 Å². The molecule has 0 saturated heterocycles. The third kappa shape index (κ3) is 5.02. The van der Waals surface area contributed by atoms with Crippen LogP contribution >= 0.6 is 0 Å². The molecule has 7 heteroatoms. The second-order valence-electron chi connectivity index (χ2n) is 9.11. The van der Waals surface area contributed by atoms with E-state index in [1.54, 1.807) is 0 Å². The van der Waals surface area contributed by atoms with Gasteiger partial charge in [-0.05, 0) is 42.2 Å². The molecule has 0 spiro atoms. The first-order valence-electron chi connectivity index (χ1n) is 11.4. The van der Waals surface area contributed by atoms with Crippen LogP contribution < -0.4 is 10.2 Å². The third-order valence-electron chi connectivity index (χ3n) is 6.81. The van der Waals surface area contributed by atoms with Crippen LogP contribution in [0.5, 0.6) is 0 Å². The highest BCUT2D eigenvalue weighted by atomic mass is 19.4. The molecule has 1 fully saturated rings. The summed E-state index contributed by atoms with van der Waals surface area (Å²) in [6.07, 6.45) is -0.932. The van der Waals surface area contributed by atoms with Crippen LogP contribution in [0.3, 0.4) is 0 Å². The zero-order valence-electron chi connectivity index (χ0n) is 19.0. The summed E-state index contributed by atoms with van der Waals surface area (Å²) in [6.45, 7) is 0.239. The highest BCUT2D eigenvalue weighted by molar-refractivity contribution is 5.84. The number of rotatable bonds is 6. The number of fused-ring (bicyclic) bond motifs is 1. The fourth-order valence-electron chi connectivity index (χ4n) is 4.96. The monoisotopic (exact) mass is 457 g/mol. The van der Waals surface area contributed by atoms with Gasteiger partial charge < -0.3 is 15.2 Å². The topological polar surface area (TPSA) is 48.1 Å². The maximum absolute atomic E-state index is 13.5. The van der Waals surface area contributed by atoms with Crippen LogP contribution in [0, 0.1) is 11.8 Å². The molecule has 176 valence electrons. The van der Waals surface area contributed by atoms with Crippen molar-refractivity contribution in [1.29, 1.82) is 0 Å².